The first kappa shape index (κ1) is 17.8. The fourth-order valence-electron chi connectivity index (χ4n) is 3.83. The Bertz CT molecular complexity index is 745. The smallest absolute Gasteiger partial charge is 0.275 e. The number of amides is 1. The number of hydrogen-bond acceptors (Lipinski definition) is 5. The number of carbonyl (C=O) groups is 1. The zero-order valence-electron chi connectivity index (χ0n) is 15.7. The Labute approximate surface area is 160 Å². The summed E-state index contributed by atoms with van der Waals surface area (Å²) in [6.07, 6.45) is 10.7. The molecule has 4 rings (SSSR count). The molecule has 0 aliphatic carbocycles. The van der Waals surface area contributed by atoms with Crippen LogP contribution in [0.25, 0.3) is 0 Å². The molecule has 1 amide bonds. The number of aromatic nitrogens is 2. The van der Waals surface area contributed by atoms with Crippen LogP contribution in [-0.4, -0.2) is 42.1 Å². The van der Waals surface area contributed by atoms with E-state index in [0.717, 1.165) is 37.7 Å². The number of nitrogens with zero attached hydrogens (tertiary/aromatic N) is 4. The van der Waals surface area contributed by atoms with Gasteiger partial charge in [-0.2, -0.15) is 0 Å². The van der Waals surface area contributed by atoms with Crippen LogP contribution in [0.2, 0.25) is 0 Å². The molecule has 0 unspecified atom stereocenters. The number of carbonyl (C=O) groups excluding carboxylic acids is 1. The summed E-state index contributed by atoms with van der Waals surface area (Å²) < 4.78 is 0. The van der Waals surface area contributed by atoms with E-state index in [1.807, 2.05) is 12.1 Å². The van der Waals surface area contributed by atoms with Crippen LogP contribution in [0.3, 0.4) is 0 Å². The van der Waals surface area contributed by atoms with Gasteiger partial charge in [-0.15, -0.1) is 0 Å². The lowest BCUT2D eigenvalue weighted by molar-refractivity contribution is 0.102. The van der Waals surface area contributed by atoms with Crippen molar-refractivity contribution in [2.45, 2.75) is 38.5 Å². The normalized spacial score (nSPS) is 17.6. The van der Waals surface area contributed by atoms with E-state index in [0.29, 0.717) is 5.69 Å². The van der Waals surface area contributed by atoms with Gasteiger partial charge < -0.3 is 15.1 Å². The van der Waals surface area contributed by atoms with Crippen molar-refractivity contribution in [3.8, 4) is 0 Å². The number of anilines is 3. The third-order valence-corrected chi connectivity index (χ3v) is 5.40. The first-order valence-corrected chi connectivity index (χ1v) is 10.0. The molecule has 142 valence electrons. The van der Waals surface area contributed by atoms with Gasteiger partial charge in [0.15, 0.2) is 0 Å². The van der Waals surface area contributed by atoms with Crippen molar-refractivity contribution < 1.29 is 4.79 Å². The predicted octanol–water partition coefficient (Wildman–Crippen LogP) is 3.71. The van der Waals surface area contributed by atoms with Crippen LogP contribution in [0.15, 0.2) is 36.7 Å². The van der Waals surface area contributed by atoms with Crippen LogP contribution in [0.1, 0.15) is 49.0 Å². The second-order valence-electron chi connectivity index (χ2n) is 7.36. The van der Waals surface area contributed by atoms with Crippen molar-refractivity contribution in [2.75, 3.05) is 41.3 Å². The molecule has 2 saturated heterocycles. The van der Waals surface area contributed by atoms with Gasteiger partial charge in [0.25, 0.3) is 5.91 Å². The van der Waals surface area contributed by atoms with Gasteiger partial charge in [-0.25, -0.2) is 9.97 Å². The summed E-state index contributed by atoms with van der Waals surface area (Å²) in [4.78, 5) is 25.9. The Morgan fingerprint density at radius 2 is 1.41 bits per heavy atom. The van der Waals surface area contributed by atoms with E-state index in [2.05, 4.69) is 37.2 Å². The first-order valence-electron chi connectivity index (χ1n) is 10.0. The third-order valence-electron chi connectivity index (χ3n) is 5.40. The molecule has 0 bridgehead atoms. The van der Waals surface area contributed by atoms with Gasteiger partial charge in [0.05, 0.1) is 12.4 Å². The Balaban J connectivity index is 1.37. The fourth-order valence-corrected chi connectivity index (χ4v) is 3.83. The molecule has 2 fully saturated rings. The van der Waals surface area contributed by atoms with Gasteiger partial charge in [-0.1, -0.05) is 12.8 Å². The molecule has 6 nitrogen and oxygen atoms in total. The SMILES string of the molecule is O=C(Nc1ccc(N2CCCC2)cc1)c1cnc(N2CCCCCC2)cn1. The molecule has 2 aliphatic rings. The van der Waals surface area contributed by atoms with Crippen molar-refractivity contribution in [3.05, 3.63) is 42.4 Å². The molecule has 1 aromatic heterocycles. The number of nitrogens with one attached hydrogen (secondary N) is 1. The van der Waals surface area contributed by atoms with E-state index in [9.17, 15) is 4.79 Å². The van der Waals surface area contributed by atoms with E-state index >= 15 is 0 Å². The minimum atomic E-state index is -0.223. The molecular weight excluding hydrogens is 338 g/mol. The fraction of sp³-hybridized carbons (Fsp3) is 0.476. The van der Waals surface area contributed by atoms with Crippen LogP contribution in [-0.2, 0) is 0 Å². The summed E-state index contributed by atoms with van der Waals surface area (Å²) >= 11 is 0. The quantitative estimate of drug-likeness (QED) is 0.895. The van der Waals surface area contributed by atoms with E-state index in [-0.39, 0.29) is 5.91 Å². The molecule has 3 heterocycles. The van der Waals surface area contributed by atoms with Gasteiger partial charge in [0, 0.05) is 37.6 Å². The molecule has 0 spiro atoms. The molecule has 2 aliphatic heterocycles. The molecule has 1 aromatic carbocycles. The Morgan fingerprint density at radius 1 is 0.778 bits per heavy atom. The molecule has 0 saturated carbocycles. The molecule has 1 N–H and O–H groups in total. The molecule has 0 atom stereocenters. The third kappa shape index (κ3) is 4.38. The summed E-state index contributed by atoms with van der Waals surface area (Å²) in [5.41, 5.74) is 2.34. The maximum Gasteiger partial charge on any atom is 0.275 e. The predicted molar refractivity (Wildman–Crippen MR) is 109 cm³/mol. The maximum atomic E-state index is 12.5. The molecule has 0 radical (unpaired) electrons. The van der Waals surface area contributed by atoms with Gasteiger partial charge in [0.1, 0.15) is 11.5 Å². The van der Waals surface area contributed by atoms with Crippen LogP contribution in [0.5, 0.6) is 0 Å². The van der Waals surface area contributed by atoms with Gasteiger partial charge in [-0.3, -0.25) is 4.79 Å². The lowest BCUT2D eigenvalue weighted by Crippen LogP contribution is -2.25. The Morgan fingerprint density at radius 3 is 2.04 bits per heavy atom. The van der Waals surface area contributed by atoms with Crippen molar-refractivity contribution >= 4 is 23.1 Å². The average molecular weight is 365 g/mol. The largest absolute Gasteiger partial charge is 0.372 e. The van der Waals surface area contributed by atoms with Crippen molar-refractivity contribution in [1.82, 2.24) is 9.97 Å². The summed E-state index contributed by atoms with van der Waals surface area (Å²) in [6.45, 7) is 4.27. The highest BCUT2D eigenvalue weighted by atomic mass is 16.1. The number of benzene rings is 1. The second kappa shape index (κ2) is 8.37. The molecule has 6 heteroatoms. The van der Waals surface area contributed by atoms with E-state index < -0.39 is 0 Å². The van der Waals surface area contributed by atoms with Crippen molar-refractivity contribution in [1.29, 1.82) is 0 Å². The lowest BCUT2D eigenvalue weighted by atomic mass is 10.2. The van der Waals surface area contributed by atoms with Crippen LogP contribution in [0.4, 0.5) is 17.2 Å². The maximum absolute atomic E-state index is 12.5. The van der Waals surface area contributed by atoms with E-state index in [1.54, 1.807) is 12.4 Å². The van der Waals surface area contributed by atoms with Crippen molar-refractivity contribution in [2.24, 2.45) is 0 Å². The molecule has 2 aromatic rings. The summed E-state index contributed by atoms with van der Waals surface area (Å²) in [7, 11) is 0. The standard InChI is InChI=1S/C21H27N5O/c27-21(24-17-7-9-18(10-8-17)25-11-5-6-12-25)19-15-23-20(16-22-19)26-13-3-1-2-4-14-26/h7-10,15-16H,1-6,11-14H2,(H,24,27). The monoisotopic (exact) mass is 365 g/mol. The van der Waals surface area contributed by atoms with Crippen LogP contribution >= 0.6 is 0 Å². The minimum Gasteiger partial charge on any atom is -0.372 e. The van der Waals surface area contributed by atoms with Crippen LogP contribution in [0, 0.1) is 0 Å². The summed E-state index contributed by atoms with van der Waals surface area (Å²) in [5.74, 6) is 0.641. The highest BCUT2D eigenvalue weighted by Gasteiger charge is 2.15. The van der Waals surface area contributed by atoms with Gasteiger partial charge in [0.2, 0.25) is 0 Å². The van der Waals surface area contributed by atoms with Crippen molar-refractivity contribution in [3.63, 3.8) is 0 Å². The Kier molecular flexibility index (Phi) is 5.51. The number of hydrogen-bond donors (Lipinski definition) is 1. The zero-order chi connectivity index (χ0) is 18.5. The number of rotatable bonds is 4. The first-order chi connectivity index (χ1) is 13.3. The lowest BCUT2D eigenvalue weighted by Gasteiger charge is -2.20. The Hall–Kier alpha value is -2.63. The highest BCUT2D eigenvalue weighted by Crippen LogP contribution is 2.22. The molecular formula is C21H27N5O. The topological polar surface area (TPSA) is 61.4 Å². The van der Waals surface area contributed by atoms with Gasteiger partial charge >= 0.3 is 0 Å². The summed E-state index contributed by atoms with van der Waals surface area (Å²) in [5, 5.41) is 2.91. The zero-order valence-corrected chi connectivity index (χ0v) is 15.7. The van der Waals surface area contributed by atoms with Crippen LogP contribution < -0.4 is 15.1 Å². The minimum absolute atomic E-state index is 0.223. The average Bonchev–Trinajstić information content (AvgIpc) is 3.11. The highest BCUT2D eigenvalue weighted by molar-refractivity contribution is 6.02. The van der Waals surface area contributed by atoms with E-state index in [4.69, 9.17) is 0 Å². The second-order valence-corrected chi connectivity index (χ2v) is 7.36. The summed E-state index contributed by atoms with van der Waals surface area (Å²) in [6, 6.07) is 8.03. The molecule has 27 heavy (non-hydrogen) atoms. The van der Waals surface area contributed by atoms with Gasteiger partial charge in [-0.05, 0) is 49.9 Å². The van der Waals surface area contributed by atoms with E-state index in [1.165, 1.54) is 44.2 Å².